The van der Waals surface area contributed by atoms with E-state index in [1.807, 2.05) is 0 Å². The Labute approximate surface area is 156 Å². The van der Waals surface area contributed by atoms with E-state index in [-0.39, 0.29) is 12.0 Å². The third-order valence-electron chi connectivity index (χ3n) is 4.13. The number of carbonyl (C=O) groups is 1. The zero-order valence-electron chi connectivity index (χ0n) is 13.8. The molecule has 1 aromatic heterocycles. The first-order valence-electron chi connectivity index (χ1n) is 8.09. The van der Waals surface area contributed by atoms with Crippen molar-refractivity contribution in [3.63, 3.8) is 0 Å². The number of hydrogen-bond donors (Lipinski definition) is 1. The minimum absolute atomic E-state index is 0.195. The highest BCUT2D eigenvalue weighted by molar-refractivity contribution is 6.42. The fraction of sp³-hybridized carbons (Fsp3) is 0.333. The van der Waals surface area contributed by atoms with Gasteiger partial charge in [-0.05, 0) is 44.2 Å². The predicted molar refractivity (Wildman–Crippen MR) is 99.8 cm³/mol. The molecule has 0 saturated carbocycles. The first kappa shape index (κ1) is 18.0. The lowest BCUT2D eigenvalue weighted by Crippen LogP contribution is -2.35. The molecule has 1 fully saturated rings. The third-order valence-corrected chi connectivity index (χ3v) is 4.87. The van der Waals surface area contributed by atoms with Crippen molar-refractivity contribution in [3.05, 3.63) is 52.1 Å². The Morgan fingerprint density at radius 3 is 2.60 bits per heavy atom. The number of nitrogens with one attached hydrogen (secondary N) is 1. The lowest BCUT2D eigenvalue weighted by Gasteiger charge is -2.28. The van der Waals surface area contributed by atoms with Gasteiger partial charge >= 0.3 is 0 Å². The molecular formula is C18H19Cl2N3O2. The van der Waals surface area contributed by atoms with Crippen molar-refractivity contribution in [2.75, 3.05) is 25.5 Å². The van der Waals surface area contributed by atoms with Gasteiger partial charge in [0.1, 0.15) is 6.10 Å². The summed E-state index contributed by atoms with van der Waals surface area (Å²) in [6, 6.07) is 8.28. The molecule has 1 aliphatic rings. The number of amides is 1. The van der Waals surface area contributed by atoms with E-state index in [0.29, 0.717) is 27.2 Å². The number of piperidine rings is 1. The van der Waals surface area contributed by atoms with Crippen LogP contribution < -0.4 is 10.1 Å². The van der Waals surface area contributed by atoms with E-state index in [4.69, 9.17) is 27.9 Å². The Kier molecular flexibility index (Phi) is 5.78. The fourth-order valence-electron chi connectivity index (χ4n) is 2.64. The Bertz CT molecular complexity index is 744. The average Bonchev–Trinajstić information content (AvgIpc) is 2.61. The Morgan fingerprint density at radius 1 is 1.20 bits per heavy atom. The number of halogens is 2. The average molecular weight is 380 g/mol. The lowest BCUT2D eigenvalue weighted by atomic mass is 10.1. The third kappa shape index (κ3) is 4.84. The summed E-state index contributed by atoms with van der Waals surface area (Å²) in [4.78, 5) is 18.8. The molecule has 2 aromatic rings. The summed E-state index contributed by atoms with van der Waals surface area (Å²) < 4.78 is 5.89. The SMILES string of the molecule is CN1CCC(Oc2ccc(NC(=O)c3ccc(Cl)c(Cl)c3)cn2)CC1. The van der Waals surface area contributed by atoms with Crippen molar-refractivity contribution in [1.82, 2.24) is 9.88 Å². The second kappa shape index (κ2) is 8.04. The number of hydrogen-bond acceptors (Lipinski definition) is 4. The van der Waals surface area contributed by atoms with Crippen LogP contribution in [-0.2, 0) is 0 Å². The van der Waals surface area contributed by atoms with Gasteiger partial charge in [-0.1, -0.05) is 23.2 Å². The number of likely N-dealkylation sites (tertiary alicyclic amines) is 1. The molecule has 1 aromatic carbocycles. The second-order valence-electron chi connectivity index (χ2n) is 6.09. The molecule has 3 rings (SSSR count). The summed E-state index contributed by atoms with van der Waals surface area (Å²) in [6.45, 7) is 2.06. The number of carbonyl (C=O) groups excluding carboxylic acids is 1. The summed E-state index contributed by atoms with van der Waals surface area (Å²) in [5.74, 6) is 0.298. The lowest BCUT2D eigenvalue weighted by molar-refractivity contribution is 0.102. The maximum Gasteiger partial charge on any atom is 0.255 e. The zero-order chi connectivity index (χ0) is 17.8. The Morgan fingerprint density at radius 2 is 1.96 bits per heavy atom. The summed E-state index contributed by atoms with van der Waals surface area (Å²) in [5, 5.41) is 3.53. The molecule has 0 aliphatic carbocycles. The molecule has 1 N–H and O–H groups in total. The fourth-order valence-corrected chi connectivity index (χ4v) is 2.94. The van der Waals surface area contributed by atoms with Gasteiger partial charge in [0.05, 0.1) is 21.9 Å². The van der Waals surface area contributed by atoms with Gasteiger partial charge in [-0.25, -0.2) is 4.98 Å². The molecule has 132 valence electrons. The van der Waals surface area contributed by atoms with Gasteiger partial charge < -0.3 is 15.0 Å². The van der Waals surface area contributed by atoms with Crippen molar-refractivity contribution in [3.8, 4) is 5.88 Å². The zero-order valence-corrected chi connectivity index (χ0v) is 15.3. The molecule has 0 unspecified atom stereocenters. The van der Waals surface area contributed by atoms with E-state index in [9.17, 15) is 4.79 Å². The maximum absolute atomic E-state index is 12.2. The summed E-state index contributed by atoms with van der Waals surface area (Å²) in [6.07, 6.45) is 3.77. The molecule has 0 atom stereocenters. The van der Waals surface area contributed by atoms with E-state index >= 15 is 0 Å². The van der Waals surface area contributed by atoms with Gasteiger partial charge in [0.2, 0.25) is 5.88 Å². The van der Waals surface area contributed by atoms with Crippen molar-refractivity contribution >= 4 is 34.8 Å². The predicted octanol–water partition coefficient (Wildman–Crippen LogP) is 4.11. The Hall–Kier alpha value is -1.82. The van der Waals surface area contributed by atoms with Crippen molar-refractivity contribution < 1.29 is 9.53 Å². The van der Waals surface area contributed by atoms with E-state index < -0.39 is 0 Å². The highest BCUT2D eigenvalue weighted by atomic mass is 35.5. The van der Waals surface area contributed by atoms with Crippen LogP contribution in [0.1, 0.15) is 23.2 Å². The van der Waals surface area contributed by atoms with Gasteiger partial charge in [0, 0.05) is 24.7 Å². The number of ether oxygens (including phenoxy) is 1. The summed E-state index contributed by atoms with van der Waals surface area (Å²) in [7, 11) is 2.11. The first-order chi connectivity index (χ1) is 12.0. The molecule has 5 nitrogen and oxygen atoms in total. The van der Waals surface area contributed by atoms with Crippen molar-refractivity contribution in [2.45, 2.75) is 18.9 Å². The topological polar surface area (TPSA) is 54.5 Å². The number of rotatable bonds is 4. The maximum atomic E-state index is 12.2. The number of aromatic nitrogens is 1. The normalized spacial score (nSPS) is 15.8. The van der Waals surface area contributed by atoms with E-state index in [2.05, 4.69) is 22.2 Å². The molecule has 0 spiro atoms. The summed E-state index contributed by atoms with van der Waals surface area (Å²) in [5.41, 5.74) is 1.02. The number of anilines is 1. The molecule has 1 saturated heterocycles. The quantitative estimate of drug-likeness (QED) is 0.867. The smallest absolute Gasteiger partial charge is 0.255 e. The van der Waals surface area contributed by atoms with Crippen molar-refractivity contribution in [2.24, 2.45) is 0 Å². The molecule has 7 heteroatoms. The highest BCUT2D eigenvalue weighted by Crippen LogP contribution is 2.23. The Balaban J connectivity index is 1.58. The first-order valence-corrected chi connectivity index (χ1v) is 8.84. The molecule has 25 heavy (non-hydrogen) atoms. The monoisotopic (exact) mass is 379 g/mol. The van der Waals surface area contributed by atoms with Gasteiger partial charge in [0.15, 0.2) is 0 Å². The van der Waals surface area contributed by atoms with Gasteiger partial charge in [-0.15, -0.1) is 0 Å². The van der Waals surface area contributed by atoms with Crippen LogP contribution in [0.3, 0.4) is 0 Å². The van der Waals surface area contributed by atoms with Crippen LogP contribution in [0.25, 0.3) is 0 Å². The van der Waals surface area contributed by atoms with E-state index in [1.165, 1.54) is 6.07 Å². The van der Waals surface area contributed by atoms with Gasteiger partial charge in [-0.2, -0.15) is 0 Å². The van der Waals surface area contributed by atoms with Crippen LogP contribution >= 0.6 is 23.2 Å². The van der Waals surface area contributed by atoms with Crippen LogP contribution in [0.15, 0.2) is 36.5 Å². The molecule has 0 radical (unpaired) electrons. The standard InChI is InChI=1S/C18H19Cl2N3O2/c1-23-8-6-14(7-9-23)25-17-5-3-13(11-21-17)22-18(24)12-2-4-15(19)16(20)10-12/h2-5,10-11,14H,6-9H2,1H3,(H,22,24). The molecule has 1 aliphatic heterocycles. The van der Waals surface area contributed by atoms with E-state index in [0.717, 1.165) is 25.9 Å². The van der Waals surface area contributed by atoms with Crippen LogP contribution in [-0.4, -0.2) is 42.0 Å². The molecular weight excluding hydrogens is 361 g/mol. The van der Waals surface area contributed by atoms with Crippen LogP contribution in [0, 0.1) is 0 Å². The number of nitrogens with zero attached hydrogens (tertiary/aromatic N) is 2. The minimum atomic E-state index is -0.274. The van der Waals surface area contributed by atoms with Gasteiger partial charge in [0.25, 0.3) is 5.91 Å². The van der Waals surface area contributed by atoms with Crippen LogP contribution in [0.5, 0.6) is 5.88 Å². The van der Waals surface area contributed by atoms with E-state index in [1.54, 1.807) is 30.5 Å². The minimum Gasteiger partial charge on any atom is -0.474 e. The largest absolute Gasteiger partial charge is 0.474 e. The molecule has 0 bridgehead atoms. The molecule has 1 amide bonds. The highest BCUT2D eigenvalue weighted by Gasteiger charge is 2.18. The number of benzene rings is 1. The van der Waals surface area contributed by atoms with Crippen LogP contribution in [0.2, 0.25) is 10.0 Å². The van der Waals surface area contributed by atoms with Crippen LogP contribution in [0.4, 0.5) is 5.69 Å². The van der Waals surface area contributed by atoms with Gasteiger partial charge in [-0.3, -0.25) is 4.79 Å². The second-order valence-corrected chi connectivity index (χ2v) is 6.90. The van der Waals surface area contributed by atoms with Crippen molar-refractivity contribution in [1.29, 1.82) is 0 Å². The number of pyridine rings is 1. The molecule has 2 heterocycles. The summed E-state index contributed by atoms with van der Waals surface area (Å²) >= 11 is 11.8.